The smallest absolute Gasteiger partial charge is 0.250 e. The number of nitrogens with zero attached hydrogens (tertiary/aromatic N) is 3. The minimum absolute atomic E-state index is 0.0681. The molecule has 0 saturated carbocycles. The number of hydrogen-bond donors (Lipinski definition) is 0. The summed E-state index contributed by atoms with van der Waals surface area (Å²) < 4.78 is 25.6. The Kier molecular flexibility index (Phi) is 4.47. The first-order chi connectivity index (χ1) is 11.7. The first-order valence-electron chi connectivity index (χ1n) is 8.24. The Balaban J connectivity index is 1.38. The largest absolute Gasteiger partial charge is 0.470 e. The lowest BCUT2D eigenvalue weighted by atomic mass is 9.89. The third-order valence-electron chi connectivity index (χ3n) is 4.64. The highest BCUT2D eigenvalue weighted by molar-refractivity contribution is 7.09. The number of piperidine rings is 1. The van der Waals surface area contributed by atoms with Crippen molar-refractivity contribution < 1.29 is 13.9 Å². The molecule has 2 aromatic rings. The predicted molar refractivity (Wildman–Crippen MR) is 88.5 cm³/mol. The number of aromatic nitrogens is 2. The average Bonchev–Trinajstić information content (AvgIpc) is 3.21. The van der Waals surface area contributed by atoms with Crippen molar-refractivity contribution in [3.63, 3.8) is 0 Å². The average molecular weight is 349 g/mol. The fourth-order valence-corrected chi connectivity index (χ4v) is 4.28. The number of halogens is 1. The highest BCUT2D eigenvalue weighted by atomic mass is 32.1. The molecule has 2 aliphatic heterocycles. The number of hydrogen-bond acceptors (Lipinski definition) is 6. The quantitative estimate of drug-likeness (QED) is 0.849. The van der Waals surface area contributed by atoms with E-state index in [0.717, 1.165) is 43.9 Å². The van der Waals surface area contributed by atoms with Crippen molar-refractivity contribution in [2.45, 2.75) is 37.5 Å². The van der Waals surface area contributed by atoms with E-state index in [1.807, 2.05) is 11.6 Å². The molecule has 0 aliphatic carbocycles. The molecular formula is C17H20FN3O2S. The van der Waals surface area contributed by atoms with Crippen molar-refractivity contribution in [2.75, 3.05) is 19.7 Å². The predicted octanol–water partition coefficient (Wildman–Crippen LogP) is 2.88. The Labute approximate surface area is 144 Å². The van der Waals surface area contributed by atoms with Gasteiger partial charge in [0.25, 0.3) is 5.88 Å². The number of thiazole rings is 1. The van der Waals surface area contributed by atoms with E-state index in [-0.39, 0.29) is 17.6 Å². The van der Waals surface area contributed by atoms with Gasteiger partial charge in [0.15, 0.2) is 5.82 Å². The Morgan fingerprint density at radius 2 is 2.38 bits per heavy atom. The fraction of sp³-hybridized carbons (Fsp3) is 0.529. The van der Waals surface area contributed by atoms with Gasteiger partial charge < -0.3 is 9.47 Å². The van der Waals surface area contributed by atoms with Crippen LogP contribution in [0, 0.1) is 5.82 Å². The summed E-state index contributed by atoms with van der Waals surface area (Å²) in [5, 5.41) is 3.14. The maximum Gasteiger partial charge on any atom is 0.250 e. The Bertz CT molecular complexity index is 684. The molecule has 2 saturated heterocycles. The molecule has 1 spiro atoms. The monoisotopic (exact) mass is 349 g/mol. The Morgan fingerprint density at radius 3 is 3.21 bits per heavy atom. The molecule has 0 N–H and O–H groups in total. The van der Waals surface area contributed by atoms with Crippen molar-refractivity contribution in [1.29, 1.82) is 0 Å². The lowest BCUT2D eigenvalue weighted by Crippen LogP contribution is -2.47. The molecule has 2 aliphatic rings. The van der Waals surface area contributed by atoms with Crippen molar-refractivity contribution in [3.8, 4) is 5.88 Å². The normalized spacial score (nSPS) is 27.6. The van der Waals surface area contributed by atoms with Crippen molar-refractivity contribution in [2.24, 2.45) is 0 Å². The second-order valence-corrected chi connectivity index (χ2v) is 7.45. The first kappa shape index (κ1) is 15.9. The first-order valence-corrected chi connectivity index (χ1v) is 9.12. The van der Waals surface area contributed by atoms with Gasteiger partial charge in [-0.1, -0.05) is 0 Å². The van der Waals surface area contributed by atoms with Gasteiger partial charge in [0.05, 0.1) is 18.8 Å². The van der Waals surface area contributed by atoms with Crippen LogP contribution in [0.25, 0.3) is 0 Å². The van der Waals surface area contributed by atoms with Crippen molar-refractivity contribution in [3.05, 3.63) is 40.7 Å². The molecule has 4 rings (SSSR count). The summed E-state index contributed by atoms with van der Waals surface area (Å²) in [7, 11) is 0. The van der Waals surface area contributed by atoms with Gasteiger partial charge >= 0.3 is 0 Å². The summed E-state index contributed by atoms with van der Waals surface area (Å²) in [6, 6.07) is 2.93. The van der Waals surface area contributed by atoms with Gasteiger partial charge in [-0.15, -0.1) is 11.3 Å². The zero-order chi connectivity index (χ0) is 16.4. The van der Waals surface area contributed by atoms with E-state index in [4.69, 9.17) is 9.47 Å². The second kappa shape index (κ2) is 6.74. The maximum atomic E-state index is 13.7. The topological polar surface area (TPSA) is 47.5 Å². The van der Waals surface area contributed by atoms with E-state index < -0.39 is 5.82 Å². The van der Waals surface area contributed by atoms with Crippen LogP contribution in [-0.4, -0.2) is 46.3 Å². The molecule has 2 aromatic heterocycles. The minimum Gasteiger partial charge on any atom is -0.470 e. The summed E-state index contributed by atoms with van der Waals surface area (Å²) in [6.45, 7) is 3.28. The van der Waals surface area contributed by atoms with Gasteiger partial charge in [0.1, 0.15) is 11.1 Å². The van der Waals surface area contributed by atoms with Crippen LogP contribution in [0.4, 0.5) is 4.39 Å². The van der Waals surface area contributed by atoms with Crippen LogP contribution in [0.15, 0.2) is 29.9 Å². The van der Waals surface area contributed by atoms with E-state index in [2.05, 4.69) is 14.9 Å². The Hall–Kier alpha value is -1.57. The number of rotatable bonds is 4. The van der Waals surface area contributed by atoms with Gasteiger partial charge in [-0.3, -0.25) is 4.90 Å². The van der Waals surface area contributed by atoms with Gasteiger partial charge in [0.2, 0.25) is 0 Å². The third kappa shape index (κ3) is 3.43. The highest BCUT2D eigenvalue weighted by Gasteiger charge is 2.44. The summed E-state index contributed by atoms with van der Waals surface area (Å²) in [6.07, 6.45) is 6.13. The minimum atomic E-state index is -0.424. The standard InChI is InChI=1S/C17H20FN3O2S/c18-14-3-1-5-20-16(14)23-13-9-17(22-11-13)4-2-7-21(12-17)10-15-19-6-8-24-15/h1,3,5-6,8,13H,2,4,7,9-12H2/t13-,17+/m0/s1. The molecule has 0 aromatic carbocycles. The molecule has 2 atom stereocenters. The van der Waals surface area contributed by atoms with E-state index in [1.54, 1.807) is 23.6 Å². The summed E-state index contributed by atoms with van der Waals surface area (Å²) >= 11 is 1.68. The van der Waals surface area contributed by atoms with Crippen molar-refractivity contribution in [1.82, 2.24) is 14.9 Å². The van der Waals surface area contributed by atoms with Crippen LogP contribution in [-0.2, 0) is 11.3 Å². The number of ether oxygens (including phenoxy) is 2. The van der Waals surface area contributed by atoms with Crippen LogP contribution < -0.4 is 4.74 Å². The van der Waals surface area contributed by atoms with Crippen LogP contribution in [0.3, 0.4) is 0 Å². The summed E-state index contributed by atoms with van der Waals surface area (Å²) in [5.74, 6) is -0.355. The molecule has 0 bridgehead atoms. The molecule has 128 valence electrons. The van der Waals surface area contributed by atoms with Crippen LogP contribution in [0.2, 0.25) is 0 Å². The molecule has 0 amide bonds. The zero-order valence-corrected chi connectivity index (χ0v) is 14.2. The molecule has 5 nitrogen and oxygen atoms in total. The van der Waals surface area contributed by atoms with Gasteiger partial charge in [0, 0.05) is 30.7 Å². The van der Waals surface area contributed by atoms with E-state index in [9.17, 15) is 4.39 Å². The van der Waals surface area contributed by atoms with Crippen LogP contribution in [0.1, 0.15) is 24.3 Å². The number of likely N-dealkylation sites (tertiary alicyclic amines) is 1. The second-order valence-electron chi connectivity index (χ2n) is 6.47. The highest BCUT2D eigenvalue weighted by Crippen LogP contribution is 2.36. The molecular weight excluding hydrogens is 329 g/mol. The fourth-order valence-electron chi connectivity index (χ4n) is 3.63. The van der Waals surface area contributed by atoms with Crippen molar-refractivity contribution >= 4 is 11.3 Å². The lowest BCUT2D eigenvalue weighted by Gasteiger charge is -2.39. The van der Waals surface area contributed by atoms with Gasteiger partial charge in [-0.05, 0) is 31.5 Å². The third-order valence-corrected chi connectivity index (χ3v) is 5.40. The molecule has 7 heteroatoms. The zero-order valence-electron chi connectivity index (χ0n) is 13.4. The van der Waals surface area contributed by atoms with E-state index >= 15 is 0 Å². The van der Waals surface area contributed by atoms with Crippen LogP contribution in [0.5, 0.6) is 5.88 Å². The maximum absolute atomic E-state index is 13.7. The molecule has 2 fully saturated rings. The lowest BCUT2D eigenvalue weighted by molar-refractivity contribution is -0.0538. The molecule has 0 radical (unpaired) electrons. The molecule has 4 heterocycles. The van der Waals surface area contributed by atoms with Gasteiger partial charge in [-0.2, -0.15) is 0 Å². The summed E-state index contributed by atoms with van der Waals surface area (Å²) in [4.78, 5) is 10.7. The Morgan fingerprint density at radius 1 is 1.42 bits per heavy atom. The van der Waals surface area contributed by atoms with E-state index in [1.165, 1.54) is 6.07 Å². The molecule has 0 unspecified atom stereocenters. The summed E-state index contributed by atoms with van der Waals surface area (Å²) in [5.41, 5.74) is -0.189. The van der Waals surface area contributed by atoms with Gasteiger partial charge in [-0.25, -0.2) is 14.4 Å². The van der Waals surface area contributed by atoms with E-state index in [0.29, 0.717) is 6.61 Å². The molecule has 24 heavy (non-hydrogen) atoms. The SMILES string of the molecule is Fc1cccnc1O[C@@H]1CO[C@]2(CCCN(Cc3nccs3)C2)C1. The number of pyridine rings is 1. The van der Waals surface area contributed by atoms with Crippen LogP contribution >= 0.6 is 11.3 Å².